The van der Waals surface area contributed by atoms with Crippen molar-refractivity contribution in [3.63, 3.8) is 0 Å². The van der Waals surface area contributed by atoms with Gasteiger partial charge in [-0.2, -0.15) is 10.1 Å². The second-order valence-electron chi connectivity index (χ2n) is 7.91. The molecule has 0 spiro atoms. The zero-order valence-electron chi connectivity index (χ0n) is 17.3. The molecule has 4 rings (SSSR count). The van der Waals surface area contributed by atoms with Gasteiger partial charge in [0.05, 0.1) is 11.4 Å². The fourth-order valence-electron chi connectivity index (χ4n) is 4.08. The summed E-state index contributed by atoms with van der Waals surface area (Å²) in [4.78, 5) is 17.3. The molecule has 0 radical (unpaired) electrons. The first kappa shape index (κ1) is 19.4. The zero-order valence-corrected chi connectivity index (χ0v) is 17.3. The van der Waals surface area contributed by atoms with Crippen LogP contribution in [0.1, 0.15) is 50.3 Å². The minimum atomic E-state index is -0.601. The van der Waals surface area contributed by atoms with E-state index < -0.39 is 6.10 Å². The average Bonchev–Trinajstić information content (AvgIpc) is 3.06. The van der Waals surface area contributed by atoms with Gasteiger partial charge in [0.25, 0.3) is 5.91 Å². The summed E-state index contributed by atoms with van der Waals surface area (Å²) in [5.41, 5.74) is 3.63. The molecule has 6 nitrogen and oxygen atoms in total. The van der Waals surface area contributed by atoms with E-state index in [-0.39, 0.29) is 11.9 Å². The minimum Gasteiger partial charge on any atom is -0.464 e. The smallest absolute Gasteiger partial charge is 0.261 e. The van der Waals surface area contributed by atoms with Crippen LogP contribution in [0.2, 0.25) is 0 Å². The summed E-state index contributed by atoms with van der Waals surface area (Å²) < 4.78 is 7.77. The fourth-order valence-corrected chi connectivity index (χ4v) is 4.08. The van der Waals surface area contributed by atoms with Gasteiger partial charge in [-0.25, -0.2) is 4.68 Å². The van der Waals surface area contributed by atoms with Crippen molar-refractivity contribution in [3.05, 3.63) is 47.7 Å². The Bertz CT molecular complexity index is 1010. The van der Waals surface area contributed by atoms with E-state index in [4.69, 9.17) is 9.72 Å². The third-order valence-corrected chi connectivity index (χ3v) is 5.61. The van der Waals surface area contributed by atoms with E-state index in [1.54, 1.807) is 6.92 Å². The number of hydrogen-bond donors (Lipinski definition) is 1. The van der Waals surface area contributed by atoms with Gasteiger partial charge in [0, 0.05) is 17.5 Å². The molecule has 1 saturated carbocycles. The highest BCUT2D eigenvalue weighted by molar-refractivity contribution is 5.84. The molecule has 1 atom stereocenters. The molecule has 0 saturated heterocycles. The van der Waals surface area contributed by atoms with Gasteiger partial charge in [0.2, 0.25) is 5.88 Å². The third kappa shape index (κ3) is 4.11. The van der Waals surface area contributed by atoms with Crippen LogP contribution in [0.3, 0.4) is 0 Å². The first-order valence-corrected chi connectivity index (χ1v) is 10.4. The molecule has 6 heteroatoms. The van der Waals surface area contributed by atoms with Gasteiger partial charge in [-0.15, -0.1) is 0 Å². The van der Waals surface area contributed by atoms with E-state index in [0.29, 0.717) is 5.88 Å². The molecule has 1 aliphatic rings. The average molecular weight is 393 g/mol. The molecular formula is C23H28N4O2. The van der Waals surface area contributed by atoms with Crippen molar-refractivity contribution in [3.8, 4) is 11.6 Å². The maximum absolute atomic E-state index is 12.6. The molecule has 1 aliphatic carbocycles. The lowest BCUT2D eigenvalue weighted by molar-refractivity contribution is -0.128. The number of aryl methyl sites for hydroxylation is 2. The number of ether oxygens (including phenoxy) is 1. The molecule has 1 aromatic carbocycles. The molecule has 29 heavy (non-hydrogen) atoms. The first-order chi connectivity index (χ1) is 14.0. The van der Waals surface area contributed by atoms with Crippen LogP contribution in [0.4, 0.5) is 0 Å². The molecule has 0 aliphatic heterocycles. The Morgan fingerprint density at radius 1 is 1.17 bits per heavy atom. The Balaban J connectivity index is 1.58. The van der Waals surface area contributed by atoms with Crippen molar-refractivity contribution >= 4 is 16.9 Å². The number of fused-ring (bicyclic) bond motifs is 1. The highest BCUT2D eigenvalue weighted by atomic mass is 16.5. The number of aromatic nitrogens is 3. The maximum Gasteiger partial charge on any atom is 0.261 e. The van der Waals surface area contributed by atoms with Gasteiger partial charge in [0.15, 0.2) is 11.8 Å². The molecule has 0 unspecified atom stereocenters. The first-order valence-electron chi connectivity index (χ1n) is 10.4. The topological polar surface area (TPSA) is 69.0 Å². The number of nitrogens with one attached hydrogen (secondary N) is 1. The second kappa shape index (κ2) is 8.23. The summed E-state index contributed by atoms with van der Waals surface area (Å²) >= 11 is 0. The Labute approximate surface area is 171 Å². The van der Waals surface area contributed by atoms with Crippen LogP contribution >= 0.6 is 0 Å². The van der Waals surface area contributed by atoms with Crippen molar-refractivity contribution in [2.75, 3.05) is 0 Å². The number of para-hydroxylation sites is 1. The van der Waals surface area contributed by atoms with Crippen molar-refractivity contribution in [1.29, 1.82) is 0 Å². The lowest BCUT2D eigenvalue weighted by Gasteiger charge is -2.24. The van der Waals surface area contributed by atoms with E-state index in [1.807, 2.05) is 54.9 Å². The molecule has 0 bridgehead atoms. The normalized spacial score (nSPS) is 16.0. The molecule has 1 N–H and O–H groups in total. The molecule has 3 aromatic rings. The standard InChI is InChI=1S/C23H28N4O2/c1-15-14-20(29-17(3)23(28)24-18-10-6-4-7-11-18)25-22-21(15)16(2)26-27(22)19-12-8-5-9-13-19/h5,8-9,12-14,17-18H,4,6-7,10-11H2,1-3H3,(H,24,28)/t17-/m1/s1. The van der Waals surface area contributed by atoms with Gasteiger partial charge in [0.1, 0.15) is 0 Å². The van der Waals surface area contributed by atoms with Crippen LogP contribution in [-0.2, 0) is 4.79 Å². The second-order valence-corrected chi connectivity index (χ2v) is 7.91. The maximum atomic E-state index is 12.6. The third-order valence-electron chi connectivity index (χ3n) is 5.61. The predicted molar refractivity (Wildman–Crippen MR) is 113 cm³/mol. The molecule has 2 heterocycles. The largest absolute Gasteiger partial charge is 0.464 e. The Hall–Kier alpha value is -2.89. The minimum absolute atomic E-state index is 0.0794. The molecule has 1 fully saturated rings. The number of carbonyl (C=O) groups is 1. The summed E-state index contributed by atoms with van der Waals surface area (Å²) in [6.45, 7) is 5.78. The molecular weight excluding hydrogens is 364 g/mol. The van der Waals surface area contributed by atoms with Gasteiger partial charge in [-0.05, 0) is 51.3 Å². The van der Waals surface area contributed by atoms with Gasteiger partial charge in [-0.1, -0.05) is 37.5 Å². The van der Waals surface area contributed by atoms with Crippen molar-refractivity contribution in [2.45, 2.75) is 65.0 Å². The van der Waals surface area contributed by atoms with Gasteiger partial charge >= 0.3 is 0 Å². The van der Waals surface area contributed by atoms with E-state index in [9.17, 15) is 4.79 Å². The predicted octanol–water partition coefficient (Wildman–Crippen LogP) is 4.25. The highest BCUT2D eigenvalue weighted by Gasteiger charge is 2.22. The number of nitrogens with zero attached hydrogens (tertiary/aromatic N) is 3. The number of benzene rings is 1. The van der Waals surface area contributed by atoms with Crippen molar-refractivity contribution < 1.29 is 9.53 Å². The summed E-state index contributed by atoms with van der Waals surface area (Å²) in [6.07, 6.45) is 5.13. The van der Waals surface area contributed by atoms with Crippen LogP contribution in [0, 0.1) is 13.8 Å². The van der Waals surface area contributed by atoms with Crippen LogP contribution < -0.4 is 10.1 Å². The number of rotatable bonds is 5. The van der Waals surface area contributed by atoms with Crippen LogP contribution in [-0.4, -0.2) is 32.8 Å². The zero-order chi connectivity index (χ0) is 20.4. The van der Waals surface area contributed by atoms with Crippen molar-refractivity contribution in [2.24, 2.45) is 0 Å². The number of amides is 1. The quantitative estimate of drug-likeness (QED) is 0.705. The summed E-state index contributed by atoms with van der Waals surface area (Å²) in [5, 5.41) is 8.81. The number of hydrogen-bond acceptors (Lipinski definition) is 4. The van der Waals surface area contributed by atoms with Crippen LogP contribution in [0.15, 0.2) is 36.4 Å². The van der Waals surface area contributed by atoms with E-state index >= 15 is 0 Å². The van der Waals surface area contributed by atoms with Crippen molar-refractivity contribution in [1.82, 2.24) is 20.1 Å². The number of carbonyl (C=O) groups excluding carboxylic acids is 1. The fraction of sp³-hybridized carbons (Fsp3) is 0.435. The molecule has 152 valence electrons. The Morgan fingerprint density at radius 3 is 2.62 bits per heavy atom. The van der Waals surface area contributed by atoms with Gasteiger partial charge < -0.3 is 10.1 Å². The van der Waals surface area contributed by atoms with E-state index in [0.717, 1.165) is 40.8 Å². The molecule has 2 aromatic heterocycles. The van der Waals surface area contributed by atoms with Crippen LogP contribution in [0.5, 0.6) is 5.88 Å². The van der Waals surface area contributed by atoms with E-state index in [2.05, 4.69) is 10.4 Å². The number of pyridine rings is 1. The van der Waals surface area contributed by atoms with Gasteiger partial charge in [-0.3, -0.25) is 4.79 Å². The Morgan fingerprint density at radius 2 is 1.90 bits per heavy atom. The highest BCUT2D eigenvalue weighted by Crippen LogP contribution is 2.27. The lowest BCUT2D eigenvalue weighted by atomic mass is 9.95. The summed E-state index contributed by atoms with van der Waals surface area (Å²) in [6, 6.07) is 12.1. The van der Waals surface area contributed by atoms with Crippen LogP contribution in [0.25, 0.3) is 16.7 Å². The summed E-state index contributed by atoms with van der Waals surface area (Å²) in [5.74, 6) is 0.363. The SMILES string of the molecule is Cc1cc(O[C@H](C)C(=O)NC2CCCCC2)nc2c1c(C)nn2-c1ccccc1. The summed E-state index contributed by atoms with van der Waals surface area (Å²) in [7, 11) is 0. The van der Waals surface area contributed by atoms with E-state index in [1.165, 1.54) is 19.3 Å². The lowest BCUT2D eigenvalue weighted by Crippen LogP contribution is -2.43. The Kier molecular flexibility index (Phi) is 5.51. The molecule has 1 amide bonds. The monoisotopic (exact) mass is 392 g/mol.